The van der Waals surface area contributed by atoms with Gasteiger partial charge in [-0.2, -0.15) is 0 Å². The van der Waals surface area contributed by atoms with Crippen molar-refractivity contribution >= 4 is 11.6 Å². The van der Waals surface area contributed by atoms with Crippen molar-refractivity contribution in [1.82, 2.24) is 5.32 Å². The molecular weight excluding hydrogens is 262 g/mol. The first-order chi connectivity index (χ1) is 9.24. The fourth-order valence-electron chi connectivity index (χ4n) is 1.95. The smallest absolute Gasteiger partial charge is 0.165 e. The van der Waals surface area contributed by atoms with E-state index in [1.807, 2.05) is 12.1 Å². The van der Waals surface area contributed by atoms with E-state index in [2.05, 4.69) is 12.2 Å². The molecule has 0 atom stereocenters. The van der Waals surface area contributed by atoms with Crippen LogP contribution in [0.4, 0.5) is 0 Å². The molecule has 3 nitrogen and oxygen atoms in total. The van der Waals surface area contributed by atoms with Gasteiger partial charge in [-0.25, -0.2) is 0 Å². The van der Waals surface area contributed by atoms with Gasteiger partial charge in [0.1, 0.15) is 0 Å². The number of nitrogens with one attached hydrogen (secondary N) is 1. The summed E-state index contributed by atoms with van der Waals surface area (Å²) in [6, 6.07) is 3.77. The van der Waals surface area contributed by atoms with Crippen molar-refractivity contribution < 1.29 is 9.47 Å². The van der Waals surface area contributed by atoms with Crippen molar-refractivity contribution in [2.75, 3.05) is 20.3 Å². The zero-order chi connectivity index (χ0) is 13.7. The van der Waals surface area contributed by atoms with E-state index < -0.39 is 0 Å². The van der Waals surface area contributed by atoms with Crippen molar-refractivity contribution in [3.63, 3.8) is 0 Å². The van der Waals surface area contributed by atoms with Crippen LogP contribution in [0.15, 0.2) is 12.1 Å². The van der Waals surface area contributed by atoms with Crippen LogP contribution in [0.25, 0.3) is 0 Å². The SMILES string of the molecule is CCCNCc1cc(Cl)cc(OC)c1OCC1CC1. The molecule has 0 unspecified atom stereocenters. The molecule has 19 heavy (non-hydrogen) atoms. The van der Waals surface area contributed by atoms with Gasteiger partial charge in [0, 0.05) is 23.2 Å². The Bertz CT molecular complexity index is 419. The van der Waals surface area contributed by atoms with Crippen LogP contribution < -0.4 is 14.8 Å². The van der Waals surface area contributed by atoms with E-state index in [-0.39, 0.29) is 0 Å². The van der Waals surface area contributed by atoms with E-state index >= 15 is 0 Å². The summed E-state index contributed by atoms with van der Waals surface area (Å²) in [4.78, 5) is 0. The van der Waals surface area contributed by atoms with Crippen LogP contribution in [0.3, 0.4) is 0 Å². The lowest BCUT2D eigenvalue weighted by Gasteiger charge is -2.16. The summed E-state index contributed by atoms with van der Waals surface area (Å²) in [5.74, 6) is 2.28. The van der Waals surface area contributed by atoms with Crippen molar-refractivity contribution in [1.29, 1.82) is 0 Å². The van der Waals surface area contributed by atoms with Crippen molar-refractivity contribution in [3.8, 4) is 11.5 Å². The van der Waals surface area contributed by atoms with Crippen LogP contribution in [-0.4, -0.2) is 20.3 Å². The minimum absolute atomic E-state index is 0.684. The van der Waals surface area contributed by atoms with Crippen molar-refractivity contribution in [3.05, 3.63) is 22.7 Å². The molecule has 1 saturated carbocycles. The molecule has 0 radical (unpaired) electrons. The molecule has 0 bridgehead atoms. The fourth-order valence-corrected chi connectivity index (χ4v) is 2.19. The molecule has 0 heterocycles. The topological polar surface area (TPSA) is 30.5 Å². The van der Waals surface area contributed by atoms with Crippen LogP contribution in [0.5, 0.6) is 11.5 Å². The van der Waals surface area contributed by atoms with E-state index in [1.54, 1.807) is 7.11 Å². The molecule has 106 valence electrons. The Balaban J connectivity index is 2.12. The molecule has 1 aromatic rings. The quantitative estimate of drug-likeness (QED) is 0.739. The van der Waals surface area contributed by atoms with Gasteiger partial charge >= 0.3 is 0 Å². The summed E-state index contributed by atoms with van der Waals surface area (Å²) in [6.07, 6.45) is 3.66. The van der Waals surface area contributed by atoms with E-state index in [0.717, 1.165) is 49.1 Å². The van der Waals surface area contributed by atoms with Gasteiger partial charge in [-0.15, -0.1) is 0 Å². The molecule has 0 aliphatic heterocycles. The third-order valence-corrected chi connectivity index (χ3v) is 3.44. The zero-order valence-electron chi connectivity index (χ0n) is 11.7. The Morgan fingerprint density at radius 2 is 2.16 bits per heavy atom. The van der Waals surface area contributed by atoms with E-state index in [0.29, 0.717) is 5.02 Å². The van der Waals surface area contributed by atoms with Crippen molar-refractivity contribution in [2.24, 2.45) is 5.92 Å². The highest BCUT2D eigenvalue weighted by Crippen LogP contribution is 2.37. The molecule has 1 fully saturated rings. The minimum Gasteiger partial charge on any atom is -0.493 e. The number of hydrogen-bond acceptors (Lipinski definition) is 3. The van der Waals surface area contributed by atoms with Gasteiger partial charge in [0.25, 0.3) is 0 Å². The molecule has 1 aromatic carbocycles. The summed E-state index contributed by atoms with van der Waals surface area (Å²) >= 11 is 6.13. The average Bonchev–Trinajstić information content (AvgIpc) is 3.21. The van der Waals surface area contributed by atoms with Gasteiger partial charge in [-0.1, -0.05) is 18.5 Å². The molecule has 1 N–H and O–H groups in total. The van der Waals surface area contributed by atoms with Gasteiger partial charge in [-0.3, -0.25) is 0 Å². The predicted molar refractivity (Wildman–Crippen MR) is 78.2 cm³/mol. The van der Waals surface area contributed by atoms with Crippen LogP contribution in [0, 0.1) is 5.92 Å². The maximum Gasteiger partial charge on any atom is 0.165 e. The van der Waals surface area contributed by atoms with Crippen LogP contribution in [0.2, 0.25) is 5.02 Å². The van der Waals surface area contributed by atoms with E-state index in [4.69, 9.17) is 21.1 Å². The Morgan fingerprint density at radius 3 is 2.79 bits per heavy atom. The zero-order valence-corrected chi connectivity index (χ0v) is 12.4. The normalized spacial score (nSPS) is 14.5. The lowest BCUT2D eigenvalue weighted by molar-refractivity contribution is 0.277. The number of ether oxygens (including phenoxy) is 2. The highest BCUT2D eigenvalue weighted by Gasteiger charge is 2.23. The lowest BCUT2D eigenvalue weighted by atomic mass is 10.1. The van der Waals surface area contributed by atoms with E-state index in [1.165, 1.54) is 12.8 Å². The number of methoxy groups -OCH3 is 1. The fraction of sp³-hybridized carbons (Fsp3) is 0.600. The largest absolute Gasteiger partial charge is 0.493 e. The molecule has 0 saturated heterocycles. The van der Waals surface area contributed by atoms with Crippen LogP contribution >= 0.6 is 11.6 Å². The third kappa shape index (κ3) is 4.29. The molecule has 1 aliphatic rings. The number of hydrogen-bond donors (Lipinski definition) is 1. The Kier molecular flexibility index (Phi) is 5.34. The van der Waals surface area contributed by atoms with Gasteiger partial charge in [0.2, 0.25) is 0 Å². The second-order valence-corrected chi connectivity index (χ2v) is 5.46. The average molecular weight is 284 g/mol. The summed E-state index contributed by atoms with van der Waals surface area (Å²) in [5.41, 5.74) is 1.07. The Morgan fingerprint density at radius 1 is 1.37 bits per heavy atom. The van der Waals surface area contributed by atoms with E-state index in [9.17, 15) is 0 Å². The van der Waals surface area contributed by atoms with Crippen LogP contribution in [-0.2, 0) is 6.54 Å². The van der Waals surface area contributed by atoms with Crippen molar-refractivity contribution in [2.45, 2.75) is 32.7 Å². The highest BCUT2D eigenvalue weighted by atomic mass is 35.5. The predicted octanol–water partition coefficient (Wildman–Crippen LogP) is 3.64. The summed E-state index contributed by atoms with van der Waals surface area (Å²) in [5, 5.41) is 4.06. The number of rotatable bonds is 8. The molecule has 4 heteroatoms. The van der Waals surface area contributed by atoms with Gasteiger partial charge in [0.15, 0.2) is 11.5 Å². The maximum absolute atomic E-state index is 6.13. The maximum atomic E-state index is 6.13. The summed E-state index contributed by atoms with van der Waals surface area (Å²) in [6.45, 7) is 4.66. The monoisotopic (exact) mass is 283 g/mol. The van der Waals surface area contributed by atoms with Gasteiger partial charge in [0.05, 0.1) is 13.7 Å². The van der Waals surface area contributed by atoms with Gasteiger partial charge < -0.3 is 14.8 Å². The first-order valence-corrected chi connectivity index (χ1v) is 7.32. The molecule has 1 aliphatic carbocycles. The molecule has 2 rings (SSSR count). The lowest BCUT2D eigenvalue weighted by Crippen LogP contribution is -2.15. The summed E-state index contributed by atoms with van der Waals surface area (Å²) < 4.78 is 11.3. The van der Waals surface area contributed by atoms with Crippen LogP contribution in [0.1, 0.15) is 31.7 Å². The molecule has 0 spiro atoms. The standard InChI is InChI=1S/C15H22ClNO2/c1-3-6-17-9-12-7-13(16)8-14(18-2)15(12)19-10-11-4-5-11/h7-8,11,17H,3-6,9-10H2,1-2H3. The Hall–Kier alpha value is -0.930. The molecule has 0 amide bonds. The summed E-state index contributed by atoms with van der Waals surface area (Å²) in [7, 11) is 1.65. The molecular formula is C15H22ClNO2. The third-order valence-electron chi connectivity index (χ3n) is 3.22. The number of halogens is 1. The Labute approximate surface area is 120 Å². The first-order valence-electron chi connectivity index (χ1n) is 6.94. The second kappa shape index (κ2) is 7.01. The number of benzene rings is 1. The second-order valence-electron chi connectivity index (χ2n) is 5.03. The molecule has 0 aromatic heterocycles. The van der Waals surface area contributed by atoms with Gasteiger partial charge in [-0.05, 0) is 37.8 Å². The first kappa shape index (κ1) is 14.5. The minimum atomic E-state index is 0.684. The highest BCUT2D eigenvalue weighted by molar-refractivity contribution is 6.30.